The fourth-order valence-electron chi connectivity index (χ4n) is 1.37. The number of benzene rings is 1. The van der Waals surface area contributed by atoms with Gasteiger partial charge in [-0.25, -0.2) is 8.78 Å². The summed E-state index contributed by atoms with van der Waals surface area (Å²) in [5.41, 5.74) is -0.135. The summed E-state index contributed by atoms with van der Waals surface area (Å²) in [6.45, 7) is 0.465. The van der Waals surface area contributed by atoms with Gasteiger partial charge in [-0.15, -0.1) is 11.6 Å². The molecule has 0 bridgehead atoms. The zero-order valence-corrected chi connectivity index (χ0v) is 10.1. The van der Waals surface area contributed by atoms with Gasteiger partial charge in [0.1, 0.15) is 11.6 Å². The molecule has 5 heteroatoms. The molecule has 1 rings (SSSR count). The van der Waals surface area contributed by atoms with Crippen LogP contribution in [0.5, 0.6) is 0 Å². The van der Waals surface area contributed by atoms with Crippen LogP contribution in [0.2, 0.25) is 0 Å². The Labute approximate surface area is 104 Å². The van der Waals surface area contributed by atoms with Crippen LogP contribution in [-0.4, -0.2) is 18.3 Å². The number of hydrogen-bond donors (Lipinski definition) is 1. The van der Waals surface area contributed by atoms with E-state index in [2.05, 4.69) is 5.32 Å². The van der Waals surface area contributed by atoms with Gasteiger partial charge in [0.05, 0.1) is 5.56 Å². The quantitative estimate of drug-likeness (QED) is 0.619. The van der Waals surface area contributed by atoms with Crippen molar-refractivity contribution in [2.45, 2.75) is 19.3 Å². The van der Waals surface area contributed by atoms with Crippen LogP contribution in [0.1, 0.15) is 29.6 Å². The van der Waals surface area contributed by atoms with Gasteiger partial charge in [-0.2, -0.15) is 0 Å². The Balaban J connectivity index is 2.42. The molecular formula is C12H14ClF2NO. The second kappa shape index (κ2) is 7.22. The molecule has 2 nitrogen and oxygen atoms in total. The fraction of sp³-hybridized carbons (Fsp3) is 0.417. The van der Waals surface area contributed by atoms with Crippen LogP contribution < -0.4 is 5.32 Å². The lowest BCUT2D eigenvalue weighted by atomic mass is 10.2. The average Bonchev–Trinajstić information content (AvgIpc) is 2.28. The maximum absolute atomic E-state index is 13.2. The summed E-state index contributed by atoms with van der Waals surface area (Å²) < 4.78 is 25.8. The van der Waals surface area contributed by atoms with Crippen molar-refractivity contribution in [2.24, 2.45) is 0 Å². The number of alkyl halides is 1. The largest absolute Gasteiger partial charge is 0.352 e. The third kappa shape index (κ3) is 4.69. The predicted octanol–water partition coefficient (Wildman–Crippen LogP) is 3.10. The lowest BCUT2D eigenvalue weighted by Crippen LogP contribution is -2.25. The molecular weight excluding hydrogens is 248 g/mol. The Kier molecular flexibility index (Phi) is 5.91. The maximum Gasteiger partial charge on any atom is 0.254 e. The van der Waals surface area contributed by atoms with Crippen molar-refractivity contribution >= 4 is 17.5 Å². The average molecular weight is 262 g/mol. The first kappa shape index (κ1) is 13.9. The molecule has 0 aromatic heterocycles. The lowest BCUT2D eigenvalue weighted by molar-refractivity contribution is 0.0949. The van der Waals surface area contributed by atoms with Crippen LogP contribution in [0.4, 0.5) is 8.78 Å². The topological polar surface area (TPSA) is 29.1 Å². The van der Waals surface area contributed by atoms with Crippen molar-refractivity contribution in [3.8, 4) is 0 Å². The summed E-state index contributed by atoms with van der Waals surface area (Å²) in [4.78, 5) is 11.5. The van der Waals surface area contributed by atoms with Gasteiger partial charge in [-0.1, -0.05) is 6.42 Å². The molecule has 0 spiro atoms. The van der Waals surface area contributed by atoms with E-state index in [-0.39, 0.29) is 5.56 Å². The minimum Gasteiger partial charge on any atom is -0.352 e. The standard InChI is InChI=1S/C12H14ClF2NO/c13-6-2-1-3-7-16-12(17)10-5-4-9(14)8-11(10)15/h4-5,8H,1-3,6-7H2,(H,16,17). The molecule has 0 saturated carbocycles. The number of hydrogen-bond acceptors (Lipinski definition) is 1. The van der Waals surface area contributed by atoms with Gasteiger partial charge in [0.25, 0.3) is 5.91 Å². The third-order valence-corrected chi connectivity index (χ3v) is 2.54. The first-order valence-electron chi connectivity index (χ1n) is 5.44. The van der Waals surface area contributed by atoms with Gasteiger partial charge in [0.15, 0.2) is 0 Å². The number of rotatable bonds is 6. The summed E-state index contributed by atoms with van der Waals surface area (Å²) >= 11 is 5.50. The molecule has 0 aliphatic heterocycles. The molecule has 1 N–H and O–H groups in total. The molecule has 0 radical (unpaired) electrons. The summed E-state index contributed by atoms with van der Waals surface area (Å²) in [5.74, 6) is -1.46. The van der Waals surface area contributed by atoms with Gasteiger partial charge >= 0.3 is 0 Å². The van der Waals surface area contributed by atoms with Crippen LogP contribution >= 0.6 is 11.6 Å². The van der Waals surface area contributed by atoms with Gasteiger partial charge in [0.2, 0.25) is 0 Å². The van der Waals surface area contributed by atoms with E-state index in [1.807, 2.05) is 0 Å². The molecule has 0 atom stereocenters. The highest BCUT2D eigenvalue weighted by molar-refractivity contribution is 6.17. The van der Waals surface area contributed by atoms with E-state index < -0.39 is 17.5 Å². The smallest absolute Gasteiger partial charge is 0.254 e. The van der Waals surface area contributed by atoms with Crippen molar-refractivity contribution in [2.75, 3.05) is 12.4 Å². The van der Waals surface area contributed by atoms with Gasteiger partial charge in [-0.05, 0) is 25.0 Å². The number of unbranched alkanes of at least 4 members (excludes halogenated alkanes) is 2. The first-order chi connectivity index (χ1) is 8.15. The van der Waals surface area contributed by atoms with Crippen molar-refractivity contribution < 1.29 is 13.6 Å². The van der Waals surface area contributed by atoms with Gasteiger partial charge < -0.3 is 5.32 Å². The Morgan fingerprint density at radius 3 is 2.65 bits per heavy atom. The molecule has 17 heavy (non-hydrogen) atoms. The molecule has 1 amide bonds. The molecule has 0 heterocycles. The highest BCUT2D eigenvalue weighted by Gasteiger charge is 2.11. The Hall–Kier alpha value is -1.16. The summed E-state index contributed by atoms with van der Waals surface area (Å²) in [7, 11) is 0. The number of halogens is 3. The third-order valence-electron chi connectivity index (χ3n) is 2.27. The van der Waals surface area contributed by atoms with E-state index in [0.29, 0.717) is 18.5 Å². The maximum atomic E-state index is 13.2. The SMILES string of the molecule is O=C(NCCCCCCl)c1ccc(F)cc1F. The van der Waals surface area contributed by atoms with Crippen LogP contribution in [0, 0.1) is 11.6 Å². The molecule has 0 saturated heterocycles. The summed E-state index contributed by atoms with van der Waals surface area (Å²) in [6, 6.07) is 2.90. The van der Waals surface area contributed by atoms with Crippen LogP contribution in [0.25, 0.3) is 0 Å². The zero-order valence-electron chi connectivity index (χ0n) is 9.31. The van der Waals surface area contributed by atoms with Crippen LogP contribution in [0.3, 0.4) is 0 Å². The molecule has 1 aromatic carbocycles. The Morgan fingerprint density at radius 2 is 2.00 bits per heavy atom. The molecule has 94 valence electrons. The minimum atomic E-state index is -0.844. The Bertz CT molecular complexity index is 385. The zero-order chi connectivity index (χ0) is 12.7. The molecule has 0 fully saturated rings. The lowest BCUT2D eigenvalue weighted by Gasteiger charge is -2.05. The second-order valence-electron chi connectivity index (χ2n) is 3.63. The molecule has 0 unspecified atom stereocenters. The van der Waals surface area contributed by atoms with Gasteiger partial charge in [0, 0.05) is 18.5 Å². The predicted molar refractivity (Wildman–Crippen MR) is 63.3 cm³/mol. The van der Waals surface area contributed by atoms with Gasteiger partial charge in [-0.3, -0.25) is 4.79 Å². The van der Waals surface area contributed by atoms with Crippen molar-refractivity contribution in [3.63, 3.8) is 0 Å². The molecule has 1 aromatic rings. The first-order valence-corrected chi connectivity index (χ1v) is 5.98. The van der Waals surface area contributed by atoms with Crippen molar-refractivity contribution in [1.82, 2.24) is 5.32 Å². The van der Waals surface area contributed by atoms with Crippen molar-refractivity contribution in [3.05, 3.63) is 35.4 Å². The van der Waals surface area contributed by atoms with E-state index >= 15 is 0 Å². The molecule has 0 aliphatic rings. The van der Waals surface area contributed by atoms with E-state index in [9.17, 15) is 13.6 Å². The Morgan fingerprint density at radius 1 is 1.24 bits per heavy atom. The normalized spacial score (nSPS) is 10.3. The number of carbonyl (C=O) groups excluding carboxylic acids is 1. The summed E-state index contributed by atoms with van der Waals surface area (Å²) in [6.07, 6.45) is 2.60. The van der Waals surface area contributed by atoms with E-state index in [1.54, 1.807) is 0 Å². The second-order valence-corrected chi connectivity index (χ2v) is 4.01. The van der Waals surface area contributed by atoms with E-state index in [1.165, 1.54) is 0 Å². The van der Waals surface area contributed by atoms with Crippen LogP contribution in [0.15, 0.2) is 18.2 Å². The highest BCUT2D eigenvalue weighted by atomic mass is 35.5. The monoisotopic (exact) mass is 261 g/mol. The number of nitrogens with one attached hydrogen (secondary N) is 1. The molecule has 0 aliphatic carbocycles. The number of amides is 1. The van der Waals surface area contributed by atoms with E-state index in [0.717, 1.165) is 31.4 Å². The summed E-state index contributed by atoms with van der Waals surface area (Å²) in [5, 5.41) is 2.57. The fourth-order valence-corrected chi connectivity index (χ4v) is 1.56. The van der Waals surface area contributed by atoms with Crippen molar-refractivity contribution in [1.29, 1.82) is 0 Å². The van der Waals surface area contributed by atoms with E-state index in [4.69, 9.17) is 11.6 Å². The highest BCUT2D eigenvalue weighted by Crippen LogP contribution is 2.09. The minimum absolute atomic E-state index is 0.135. The van der Waals surface area contributed by atoms with Crippen LogP contribution in [-0.2, 0) is 0 Å². The number of carbonyl (C=O) groups is 1.